The topological polar surface area (TPSA) is 75.1 Å². The Morgan fingerprint density at radius 2 is 2.35 bits per heavy atom. The number of anilines is 1. The lowest BCUT2D eigenvalue weighted by Gasteiger charge is -2.03. The highest BCUT2D eigenvalue weighted by Gasteiger charge is 2.11. The van der Waals surface area contributed by atoms with Crippen molar-refractivity contribution in [1.29, 1.82) is 0 Å². The molecule has 0 spiro atoms. The number of aliphatic hydroxyl groups is 1. The Morgan fingerprint density at radius 1 is 1.50 bits per heavy atom. The fraction of sp³-hybridized carbons (Fsp3) is 0.214. The number of thiazole rings is 1. The van der Waals surface area contributed by atoms with Gasteiger partial charge in [0.1, 0.15) is 5.69 Å². The van der Waals surface area contributed by atoms with Crippen LogP contribution in [0, 0.1) is 18.8 Å². The first-order valence-corrected chi connectivity index (χ1v) is 6.81. The van der Waals surface area contributed by atoms with Crippen LogP contribution in [0.2, 0.25) is 0 Å². The standard InChI is InChI=1S/C14H13N3O2S/c1-10-5-4-7-15-12(10)13(19)17-14-16-9-11(20-14)6-2-3-8-18/h4-5,7,9,18H,3,8H2,1H3,(H,16,17,19). The van der Waals surface area contributed by atoms with Crippen molar-refractivity contribution >= 4 is 22.4 Å². The van der Waals surface area contributed by atoms with Crippen molar-refractivity contribution in [3.05, 3.63) is 40.7 Å². The molecule has 0 bridgehead atoms. The lowest BCUT2D eigenvalue weighted by Crippen LogP contribution is -2.14. The number of nitrogens with one attached hydrogen (secondary N) is 1. The molecule has 2 N–H and O–H groups in total. The van der Waals surface area contributed by atoms with Gasteiger partial charge in [0.25, 0.3) is 5.91 Å². The van der Waals surface area contributed by atoms with Gasteiger partial charge in [-0.1, -0.05) is 29.2 Å². The van der Waals surface area contributed by atoms with Gasteiger partial charge in [0.15, 0.2) is 5.13 Å². The molecule has 6 heteroatoms. The molecule has 0 aliphatic heterocycles. The smallest absolute Gasteiger partial charge is 0.276 e. The van der Waals surface area contributed by atoms with E-state index in [0.29, 0.717) is 17.2 Å². The largest absolute Gasteiger partial charge is 0.395 e. The Balaban J connectivity index is 2.06. The molecule has 0 aromatic carbocycles. The van der Waals surface area contributed by atoms with Crippen LogP contribution in [0.3, 0.4) is 0 Å². The summed E-state index contributed by atoms with van der Waals surface area (Å²) in [5, 5.41) is 11.8. The molecular weight excluding hydrogens is 274 g/mol. The highest BCUT2D eigenvalue weighted by Crippen LogP contribution is 2.18. The molecule has 0 fully saturated rings. The van der Waals surface area contributed by atoms with Crippen LogP contribution >= 0.6 is 11.3 Å². The summed E-state index contributed by atoms with van der Waals surface area (Å²) in [6.45, 7) is 1.86. The molecule has 0 radical (unpaired) electrons. The summed E-state index contributed by atoms with van der Waals surface area (Å²) in [6, 6.07) is 3.61. The van der Waals surface area contributed by atoms with Gasteiger partial charge in [0.2, 0.25) is 0 Å². The first-order valence-electron chi connectivity index (χ1n) is 5.99. The molecule has 2 aromatic heterocycles. The number of amides is 1. The zero-order valence-corrected chi connectivity index (χ0v) is 11.7. The van der Waals surface area contributed by atoms with E-state index in [1.807, 2.05) is 13.0 Å². The lowest BCUT2D eigenvalue weighted by molar-refractivity contribution is 0.102. The SMILES string of the molecule is Cc1cccnc1C(=O)Nc1ncc(C#CCCO)s1. The molecule has 0 saturated carbocycles. The average molecular weight is 287 g/mol. The summed E-state index contributed by atoms with van der Waals surface area (Å²) >= 11 is 1.29. The zero-order chi connectivity index (χ0) is 14.4. The highest BCUT2D eigenvalue weighted by atomic mass is 32.1. The van der Waals surface area contributed by atoms with Crippen LogP contribution in [0.25, 0.3) is 0 Å². The van der Waals surface area contributed by atoms with Gasteiger partial charge in [-0.2, -0.15) is 0 Å². The summed E-state index contributed by atoms with van der Waals surface area (Å²) < 4.78 is 0. The van der Waals surface area contributed by atoms with Crippen LogP contribution in [0.4, 0.5) is 5.13 Å². The van der Waals surface area contributed by atoms with Gasteiger partial charge in [-0.25, -0.2) is 4.98 Å². The quantitative estimate of drug-likeness (QED) is 0.845. The van der Waals surface area contributed by atoms with E-state index < -0.39 is 0 Å². The third kappa shape index (κ3) is 3.63. The van der Waals surface area contributed by atoms with Gasteiger partial charge in [-0.3, -0.25) is 15.1 Å². The van der Waals surface area contributed by atoms with Crippen LogP contribution in [0.5, 0.6) is 0 Å². The molecule has 1 amide bonds. The minimum Gasteiger partial charge on any atom is -0.395 e. The number of hydrogen-bond donors (Lipinski definition) is 2. The zero-order valence-electron chi connectivity index (χ0n) is 10.9. The number of carbonyl (C=O) groups is 1. The van der Waals surface area contributed by atoms with Gasteiger partial charge >= 0.3 is 0 Å². The van der Waals surface area contributed by atoms with Crippen LogP contribution in [0.15, 0.2) is 24.5 Å². The van der Waals surface area contributed by atoms with Gasteiger partial charge in [-0.05, 0) is 18.6 Å². The molecule has 2 rings (SSSR count). The minimum atomic E-state index is -0.285. The third-order valence-electron chi connectivity index (χ3n) is 2.40. The Labute approximate surface area is 120 Å². The Kier molecular flexibility index (Phi) is 4.82. The van der Waals surface area contributed by atoms with Gasteiger partial charge in [0.05, 0.1) is 17.7 Å². The molecular formula is C14H13N3O2S. The summed E-state index contributed by atoms with van der Waals surface area (Å²) in [4.78, 5) is 20.9. The number of carbonyl (C=O) groups excluding carboxylic acids is 1. The van der Waals surface area contributed by atoms with Crippen LogP contribution < -0.4 is 5.32 Å². The van der Waals surface area contributed by atoms with Crippen molar-refractivity contribution in [1.82, 2.24) is 9.97 Å². The maximum absolute atomic E-state index is 12.0. The van der Waals surface area contributed by atoms with E-state index in [1.54, 1.807) is 18.5 Å². The van der Waals surface area contributed by atoms with Crippen molar-refractivity contribution < 1.29 is 9.90 Å². The molecule has 0 aliphatic rings. The monoisotopic (exact) mass is 287 g/mol. The first-order chi connectivity index (χ1) is 9.70. The van der Waals surface area contributed by atoms with Crippen LogP contribution in [0.1, 0.15) is 27.3 Å². The number of aryl methyl sites for hydroxylation is 1. The predicted molar refractivity (Wildman–Crippen MR) is 77.6 cm³/mol. The van der Waals surface area contributed by atoms with E-state index >= 15 is 0 Å². The molecule has 102 valence electrons. The summed E-state index contributed by atoms with van der Waals surface area (Å²) in [5.74, 6) is 5.39. The average Bonchev–Trinajstić information content (AvgIpc) is 2.87. The third-order valence-corrected chi connectivity index (χ3v) is 3.23. The number of rotatable bonds is 3. The van der Waals surface area contributed by atoms with Crippen molar-refractivity contribution in [2.75, 3.05) is 11.9 Å². The van der Waals surface area contributed by atoms with Gasteiger partial charge < -0.3 is 5.11 Å². The lowest BCUT2D eigenvalue weighted by atomic mass is 10.2. The fourth-order valence-corrected chi connectivity index (χ4v) is 2.16. The number of aromatic nitrogens is 2. The molecule has 2 aromatic rings. The predicted octanol–water partition coefficient (Wildman–Crippen LogP) is 1.83. The number of hydrogen-bond acceptors (Lipinski definition) is 5. The maximum atomic E-state index is 12.0. The summed E-state index contributed by atoms with van der Waals surface area (Å²) in [5.41, 5.74) is 1.19. The number of pyridine rings is 1. The highest BCUT2D eigenvalue weighted by molar-refractivity contribution is 7.16. The molecule has 0 aliphatic carbocycles. The second-order valence-electron chi connectivity index (χ2n) is 3.93. The van der Waals surface area contributed by atoms with Gasteiger partial charge in [0, 0.05) is 12.6 Å². The van der Waals surface area contributed by atoms with E-state index in [-0.39, 0.29) is 12.5 Å². The normalized spacial score (nSPS) is 9.70. The van der Waals surface area contributed by atoms with Crippen molar-refractivity contribution in [2.24, 2.45) is 0 Å². The van der Waals surface area contributed by atoms with E-state index in [2.05, 4.69) is 27.1 Å². The fourth-order valence-electron chi connectivity index (χ4n) is 1.47. The van der Waals surface area contributed by atoms with E-state index in [0.717, 1.165) is 10.4 Å². The number of aliphatic hydroxyl groups excluding tert-OH is 1. The van der Waals surface area contributed by atoms with E-state index in [4.69, 9.17) is 5.11 Å². The molecule has 0 atom stereocenters. The van der Waals surface area contributed by atoms with Crippen molar-refractivity contribution in [3.63, 3.8) is 0 Å². The Bertz CT molecular complexity index is 670. The second-order valence-corrected chi connectivity index (χ2v) is 4.96. The minimum absolute atomic E-state index is 0.0361. The number of nitrogens with zero attached hydrogens (tertiary/aromatic N) is 2. The van der Waals surface area contributed by atoms with Gasteiger partial charge in [-0.15, -0.1) is 0 Å². The van der Waals surface area contributed by atoms with Crippen molar-refractivity contribution in [2.45, 2.75) is 13.3 Å². The van der Waals surface area contributed by atoms with Crippen LogP contribution in [-0.2, 0) is 0 Å². The maximum Gasteiger partial charge on any atom is 0.276 e. The summed E-state index contributed by atoms with van der Waals surface area (Å²) in [7, 11) is 0. The second kappa shape index (κ2) is 6.80. The molecule has 20 heavy (non-hydrogen) atoms. The molecule has 0 saturated heterocycles. The molecule has 5 nitrogen and oxygen atoms in total. The Hall–Kier alpha value is -2.23. The molecule has 0 unspecified atom stereocenters. The van der Waals surface area contributed by atoms with Crippen LogP contribution in [-0.4, -0.2) is 27.6 Å². The van der Waals surface area contributed by atoms with Crippen molar-refractivity contribution in [3.8, 4) is 11.8 Å². The van der Waals surface area contributed by atoms with E-state index in [1.165, 1.54) is 11.3 Å². The Morgan fingerprint density at radius 3 is 3.10 bits per heavy atom. The van der Waals surface area contributed by atoms with E-state index in [9.17, 15) is 4.79 Å². The summed E-state index contributed by atoms with van der Waals surface area (Å²) in [6.07, 6.45) is 3.60. The first kappa shape index (κ1) is 14.2. The molecule has 2 heterocycles.